The molecule has 0 saturated carbocycles. The van der Waals surface area contributed by atoms with Crippen LogP contribution in [0.4, 0.5) is 0 Å². The molecule has 118 valence electrons. The smallest absolute Gasteiger partial charge is 0.0524 e. The standard InChI is InChI=1S/C19H19NO2S/c1-19(2,3)20-14-17-13-16(11-12-18(17)23(21)22)10-9-15-7-5-4-6-8-15/h4-8,11-14H,1-3H3,(H,21,22)/p-1. The van der Waals surface area contributed by atoms with Gasteiger partial charge in [0.15, 0.2) is 0 Å². The van der Waals surface area contributed by atoms with Crippen molar-refractivity contribution in [1.29, 1.82) is 0 Å². The first-order valence-corrected chi connectivity index (χ1v) is 8.28. The monoisotopic (exact) mass is 324 g/mol. The normalized spacial score (nSPS) is 12.7. The first-order valence-electron chi connectivity index (χ1n) is 7.21. The lowest BCUT2D eigenvalue weighted by Gasteiger charge is -2.13. The third-order valence-electron chi connectivity index (χ3n) is 2.91. The Labute approximate surface area is 139 Å². The first-order chi connectivity index (χ1) is 10.8. The van der Waals surface area contributed by atoms with Crippen molar-refractivity contribution in [1.82, 2.24) is 0 Å². The lowest BCUT2D eigenvalue weighted by atomic mass is 10.1. The van der Waals surface area contributed by atoms with Crippen LogP contribution in [0.5, 0.6) is 0 Å². The van der Waals surface area contributed by atoms with Crippen molar-refractivity contribution in [2.75, 3.05) is 0 Å². The van der Waals surface area contributed by atoms with E-state index in [1.807, 2.05) is 51.1 Å². The molecular formula is C19H18NO2S-. The average molecular weight is 324 g/mol. The Morgan fingerprint density at radius 1 is 1.04 bits per heavy atom. The molecule has 0 aromatic heterocycles. The molecule has 1 unspecified atom stereocenters. The molecule has 0 amide bonds. The van der Waals surface area contributed by atoms with E-state index in [1.54, 1.807) is 24.4 Å². The topological polar surface area (TPSA) is 52.5 Å². The number of hydrogen-bond donors (Lipinski definition) is 0. The molecule has 23 heavy (non-hydrogen) atoms. The van der Waals surface area contributed by atoms with Gasteiger partial charge in [0.1, 0.15) is 0 Å². The number of benzene rings is 2. The predicted molar refractivity (Wildman–Crippen MR) is 93.4 cm³/mol. The maximum atomic E-state index is 11.3. The van der Waals surface area contributed by atoms with Crippen molar-refractivity contribution in [2.24, 2.45) is 4.99 Å². The molecule has 0 radical (unpaired) electrons. The van der Waals surface area contributed by atoms with Crippen LogP contribution >= 0.6 is 0 Å². The summed E-state index contributed by atoms with van der Waals surface area (Å²) in [5, 5.41) is 0. The van der Waals surface area contributed by atoms with Crippen LogP contribution in [0.1, 0.15) is 37.5 Å². The van der Waals surface area contributed by atoms with E-state index >= 15 is 0 Å². The summed E-state index contributed by atoms with van der Waals surface area (Å²) in [6.45, 7) is 5.86. The third kappa shape index (κ3) is 5.48. The Morgan fingerprint density at radius 3 is 2.30 bits per heavy atom. The lowest BCUT2D eigenvalue weighted by molar-refractivity contribution is 0.537. The lowest BCUT2D eigenvalue weighted by Crippen LogP contribution is -2.10. The van der Waals surface area contributed by atoms with Crippen molar-refractivity contribution in [2.45, 2.75) is 31.2 Å². The van der Waals surface area contributed by atoms with Gasteiger partial charge in [0.05, 0.1) is 5.54 Å². The Morgan fingerprint density at radius 2 is 1.70 bits per heavy atom. The molecule has 0 saturated heterocycles. The van der Waals surface area contributed by atoms with Crippen LogP contribution in [0.2, 0.25) is 0 Å². The molecule has 3 nitrogen and oxygen atoms in total. The van der Waals surface area contributed by atoms with E-state index in [0.29, 0.717) is 5.56 Å². The van der Waals surface area contributed by atoms with Crippen molar-refractivity contribution in [3.63, 3.8) is 0 Å². The van der Waals surface area contributed by atoms with Crippen molar-refractivity contribution < 1.29 is 8.76 Å². The zero-order chi connectivity index (χ0) is 16.9. The molecule has 2 rings (SSSR count). The molecule has 4 heteroatoms. The van der Waals surface area contributed by atoms with Gasteiger partial charge >= 0.3 is 0 Å². The Kier molecular flexibility index (Phi) is 5.49. The third-order valence-corrected chi connectivity index (χ3v) is 3.64. The highest BCUT2D eigenvalue weighted by Gasteiger charge is 2.07. The van der Waals surface area contributed by atoms with E-state index in [9.17, 15) is 8.76 Å². The van der Waals surface area contributed by atoms with Crippen LogP contribution in [0, 0.1) is 11.8 Å². The summed E-state index contributed by atoms with van der Waals surface area (Å²) < 4.78 is 22.7. The molecule has 0 spiro atoms. The Bertz CT molecular complexity index is 794. The second-order valence-corrected chi connectivity index (χ2v) is 6.94. The van der Waals surface area contributed by atoms with E-state index in [0.717, 1.165) is 11.1 Å². The molecule has 0 bridgehead atoms. The molecule has 2 aromatic rings. The quantitative estimate of drug-likeness (QED) is 0.482. The molecule has 0 N–H and O–H groups in total. The van der Waals surface area contributed by atoms with Gasteiger partial charge in [0.25, 0.3) is 0 Å². The number of rotatable bonds is 2. The van der Waals surface area contributed by atoms with Crippen LogP contribution < -0.4 is 0 Å². The minimum absolute atomic E-state index is 0.225. The summed E-state index contributed by atoms with van der Waals surface area (Å²) in [5.74, 6) is 6.11. The van der Waals surface area contributed by atoms with Gasteiger partial charge in [-0.2, -0.15) is 0 Å². The van der Waals surface area contributed by atoms with Crippen LogP contribution in [-0.4, -0.2) is 20.5 Å². The summed E-state index contributed by atoms with van der Waals surface area (Å²) in [6.07, 6.45) is 1.60. The number of hydrogen-bond acceptors (Lipinski definition) is 3. The highest BCUT2D eigenvalue weighted by atomic mass is 32.2. The SMILES string of the molecule is CC(C)(C)N=Cc1cc(C#Cc2ccccc2)ccc1S(=O)[O-]. The van der Waals surface area contributed by atoms with Gasteiger partial charge in [-0.25, -0.2) is 0 Å². The summed E-state index contributed by atoms with van der Waals surface area (Å²) >= 11 is -2.31. The molecule has 0 heterocycles. The number of nitrogens with zero attached hydrogens (tertiary/aromatic N) is 1. The summed E-state index contributed by atoms with van der Waals surface area (Å²) in [7, 11) is 0. The molecule has 0 aliphatic carbocycles. The molecule has 1 atom stereocenters. The van der Waals surface area contributed by atoms with Crippen molar-refractivity contribution >= 4 is 17.3 Å². The second kappa shape index (κ2) is 7.36. The van der Waals surface area contributed by atoms with Gasteiger partial charge in [-0.15, -0.1) is 0 Å². The summed E-state index contributed by atoms with van der Waals surface area (Å²) in [6, 6.07) is 14.6. The fourth-order valence-electron chi connectivity index (χ4n) is 1.81. The van der Waals surface area contributed by atoms with E-state index in [1.165, 1.54) is 0 Å². The molecule has 0 aliphatic rings. The molecule has 2 aromatic carbocycles. The van der Waals surface area contributed by atoms with Crippen LogP contribution in [-0.2, 0) is 11.1 Å². The van der Waals surface area contributed by atoms with E-state index in [4.69, 9.17) is 0 Å². The Balaban J connectivity index is 2.39. The zero-order valence-electron chi connectivity index (χ0n) is 13.4. The maximum absolute atomic E-state index is 11.3. The molecule has 0 fully saturated rings. The van der Waals surface area contributed by atoms with Gasteiger partial charge in [0, 0.05) is 27.8 Å². The highest BCUT2D eigenvalue weighted by Crippen LogP contribution is 2.15. The van der Waals surface area contributed by atoms with Gasteiger partial charge in [-0.05, 0) is 62.2 Å². The average Bonchev–Trinajstić information content (AvgIpc) is 2.51. The van der Waals surface area contributed by atoms with Crippen LogP contribution in [0.15, 0.2) is 58.4 Å². The van der Waals surface area contributed by atoms with Crippen molar-refractivity contribution in [3.05, 3.63) is 65.2 Å². The maximum Gasteiger partial charge on any atom is 0.0524 e. The highest BCUT2D eigenvalue weighted by molar-refractivity contribution is 7.79. The fourth-order valence-corrected chi connectivity index (χ4v) is 2.29. The second-order valence-electron chi connectivity index (χ2n) is 6.03. The van der Waals surface area contributed by atoms with Gasteiger partial charge in [-0.1, -0.05) is 30.0 Å². The van der Waals surface area contributed by atoms with E-state index in [-0.39, 0.29) is 10.4 Å². The minimum Gasteiger partial charge on any atom is -0.768 e. The first kappa shape index (κ1) is 17.1. The van der Waals surface area contributed by atoms with E-state index < -0.39 is 11.1 Å². The van der Waals surface area contributed by atoms with Gasteiger partial charge in [-0.3, -0.25) is 9.20 Å². The summed E-state index contributed by atoms with van der Waals surface area (Å²) in [4.78, 5) is 4.61. The van der Waals surface area contributed by atoms with Gasteiger partial charge < -0.3 is 4.55 Å². The molecule has 0 aliphatic heterocycles. The van der Waals surface area contributed by atoms with Crippen LogP contribution in [0.25, 0.3) is 0 Å². The minimum atomic E-state index is -2.31. The number of aliphatic imine (C=N–C) groups is 1. The molecular weight excluding hydrogens is 306 g/mol. The fraction of sp³-hybridized carbons (Fsp3) is 0.211. The van der Waals surface area contributed by atoms with Gasteiger partial charge in [0.2, 0.25) is 0 Å². The largest absolute Gasteiger partial charge is 0.768 e. The summed E-state index contributed by atoms with van der Waals surface area (Å²) in [5.41, 5.74) is 1.94. The van der Waals surface area contributed by atoms with Crippen LogP contribution in [0.3, 0.4) is 0 Å². The predicted octanol–water partition coefficient (Wildman–Crippen LogP) is 3.54. The van der Waals surface area contributed by atoms with E-state index in [2.05, 4.69) is 16.8 Å². The zero-order valence-corrected chi connectivity index (χ0v) is 14.2. The van der Waals surface area contributed by atoms with Crippen molar-refractivity contribution in [3.8, 4) is 11.8 Å². The Hall–Kier alpha value is -2.22.